The second-order valence-corrected chi connectivity index (χ2v) is 4.55. The van der Waals surface area contributed by atoms with Crippen molar-refractivity contribution in [1.82, 2.24) is 5.32 Å². The maximum Gasteiger partial charge on any atom is 0.407 e. The molecule has 0 radical (unpaired) electrons. The minimum absolute atomic E-state index is 0.280. The first-order valence-corrected chi connectivity index (χ1v) is 6.19. The van der Waals surface area contributed by atoms with Gasteiger partial charge in [-0.25, -0.2) is 4.79 Å². The van der Waals surface area contributed by atoms with Crippen LogP contribution in [0.2, 0.25) is 0 Å². The fraction of sp³-hybridized carbons (Fsp3) is 0.769. The maximum absolute atomic E-state index is 11.2. The van der Waals surface area contributed by atoms with Crippen molar-refractivity contribution in [1.29, 1.82) is 0 Å². The fourth-order valence-electron chi connectivity index (χ4n) is 2.65. The van der Waals surface area contributed by atoms with E-state index in [2.05, 4.69) is 17.2 Å². The molecule has 1 saturated carbocycles. The second-order valence-electron chi connectivity index (χ2n) is 4.55. The molecule has 0 bridgehead atoms. The molecule has 0 aliphatic heterocycles. The fourth-order valence-corrected chi connectivity index (χ4v) is 2.65. The molecular formula is C13H19NO2. The lowest BCUT2D eigenvalue weighted by Gasteiger charge is -2.04. The van der Waals surface area contributed by atoms with Gasteiger partial charge in [-0.2, -0.15) is 0 Å². The summed E-state index contributed by atoms with van der Waals surface area (Å²) in [5, 5.41) is 2.65. The molecule has 3 atom stereocenters. The van der Waals surface area contributed by atoms with Crippen LogP contribution in [-0.2, 0) is 4.74 Å². The van der Waals surface area contributed by atoms with Crippen molar-refractivity contribution in [2.45, 2.75) is 32.6 Å². The van der Waals surface area contributed by atoms with E-state index in [-0.39, 0.29) is 6.09 Å². The van der Waals surface area contributed by atoms with E-state index in [1.165, 1.54) is 12.8 Å². The predicted octanol–water partition coefficient (Wildman–Crippen LogP) is 2.17. The van der Waals surface area contributed by atoms with E-state index < -0.39 is 0 Å². The molecule has 3 nitrogen and oxygen atoms in total. The lowest BCUT2D eigenvalue weighted by atomic mass is 10.1. The molecule has 0 aromatic heterocycles. The largest absolute Gasteiger partial charge is 0.449 e. The van der Waals surface area contributed by atoms with Gasteiger partial charge in [0.1, 0.15) is 0 Å². The Morgan fingerprint density at radius 1 is 1.31 bits per heavy atom. The molecular weight excluding hydrogens is 202 g/mol. The van der Waals surface area contributed by atoms with E-state index in [0.717, 1.165) is 24.7 Å². The van der Waals surface area contributed by atoms with Crippen LogP contribution in [0.4, 0.5) is 4.79 Å². The van der Waals surface area contributed by atoms with E-state index in [9.17, 15) is 4.79 Å². The average Bonchev–Trinajstić information content (AvgIpc) is 2.86. The van der Waals surface area contributed by atoms with E-state index in [0.29, 0.717) is 19.1 Å². The summed E-state index contributed by atoms with van der Waals surface area (Å²) < 4.78 is 5.19. The van der Waals surface area contributed by atoms with Gasteiger partial charge in [-0.05, 0) is 37.5 Å². The van der Waals surface area contributed by atoms with Crippen LogP contribution in [0.25, 0.3) is 0 Å². The summed E-state index contributed by atoms with van der Waals surface area (Å²) >= 11 is 0. The minimum Gasteiger partial charge on any atom is -0.449 e. The van der Waals surface area contributed by atoms with E-state index >= 15 is 0 Å². The third-order valence-corrected chi connectivity index (χ3v) is 3.57. The number of carbonyl (C=O) groups excluding carboxylic acids is 1. The van der Waals surface area contributed by atoms with Crippen molar-refractivity contribution < 1.29 is 9.53 Å². The second kappa shape index (κ2) is 5.25. The molecule has 0 spiro atoms. The highest BCUT2D eigenvalue weighted by Gasteiger charge is 2.49. The first kappa shape index (κ1) is 11.3. The first-order chi connectivity index (χ1) is 7.83. The lowest BCUT2D eigenvalue weighted by Crippen LogP contribution is -2.24. The molecule has 0 saturated heterocycles. The molecule has 0 aromatic carbocycles. The summed E-state index contributed by atoms with van der Waals surface area (Å²) in [5.41, 5.74) is 0. The molecule has 0 aromatic rings. The Morgan fingerprint density at radius 3 is 2.50 bits per heavy atom. The number of amides is 1. The highest BCUT2D eigenvalue weighted by atomic mass is 16.5. The highest BCUT2D eigenvalue weighted by Crippen LogP contribution is 2.52. The van der Waals surface area contributed by atoms with Gasteiger partial charge in [0, 0.05) is 19.4 Å². The van der Waals surface area contributed by atoms with Crippen molar-refractivity contribution in [2.24, 2.45) is 17.8 Å². The number of hydrogen-bond donors (Lipinski definition) is 1. The molecule has 1 amide bonds. The number of ether oxygens (including phenoxy) is 1. The smallest absolute Gasteiger partial charge is 0.407 e. The summed E-state index contributed by atoms with van der Waals surface area (Å²) in [6.07, 6.45) is 4.11. The summed E-state index contributed by atoms with van der Waals surface area (Å²) in [6.45, 7) is 3.11. The quantitative estimate of drug-likeness (QED) is 0.742. The van der Waals surface area contributed by atoms with Gasteiger partial charge in [0.15, 0.2) is 0 Å². The monoisotopic (exact) mass is 221 g/mol. The Bertz CT molecular complexity index is 298. The molecule has 16 heavy (non-hydrogen) atoms. The van der Waals surface area contributed by atoms with Gasteiger partial charge in [0.05, 0.1) is 6.61 Å². The summed E-state index contributed by atoms with van der Waals surface area (Å²) in [6, 6.07) is 0. The summed E-state index contributed by atoms with van der Waals surface area (Å²) in [4.78, 5) is 11.2. The maximum atomic E-state index is 11.2. The molecule has 1 fully saturated rings. The van der Waals surface area contributed by atoms with Crippen molar-refractivity contribution in [3.8, 4) is 11.8 Å². The Balaban J connectivity index is 1.71. The van der Waals surface area contributed by atoms with E-state index in [4.69, 9.17) is 4.74 Å². The van der Waals surface area contributed by atoms with Crippen molar-refractivity contribution in [3.63, 3.8) is 0 Å². The molecule has 2 aliphatic rings. The first-order valence-electron chi connectivity index (χ1n) is 6.19. The van der Waals surface area contributed by atoms with E-state index in [1.807, 2.05) is 6.92 Å². The number of rotatable bonds is 3. The summed E-state index contributed by atoms with van der Waals surface area (Å²) in [5.74, 6) is 8.45. The minimum atomic E-state index is -0.280. The Morgan fingerprint density at radius 2 is 1.94 bits per heavy atom. The van der Waals surface area contributed by atoms with Gasteiger partial charge in [0.25, 0.3) is 0 Å². The molecule has 2 aliphatic carbocycles. The number of hydrogen-bond acceptors (Lipinski definition) is 2. The van der Waals surface area contributed by atoms with Crippen LogP contribution in [-0.4, -0.2) is 19.2 Å². The van der Waals surface area contributed by atoms with Gasteiger partial charge >= 0.3 is 6.09 Å². The van der Waals surface area contributed by atoms with E-state index in [1.54, 1.807) is 0 Å². The molecule has 2 rings (SSSR count). The van der Waals surface area contributed by atoms with Crippen LogP contribution in [0.1, 0.15) is 32.6 Å². The zero-order chi connectivity index (χ0) is 11.4. The molecule has 88 valence electrons. The molecule has 3 heteroatoms. The topological polar surface area (TPSA) is 38.3 Å². The van der Waals surface area contributed by atoms with Crippen LogP contribution >= 0.6 is 0 Å². The van der Waals surface area contributed by atoms with Gasteiger partial charge in [0.2, 0.25) is 0 Å². The Hall–Kier alpha value is -1.17. The third-order valence-electron chi connectivity index (χ3n) is 3.57. The molecule has 1 N–H and O–H groups in total. The Labute approximate surface area is 96.9 Å². The van der Waals surface area contributed by atoms with Crippen LogP contribution in [0.5, 0.6) is 0 Å². The third kappa shape index (κ3) is 2.69. The van der Waals surface area contributed by atoms with Crippen molar-refractivity contribution >= 4 is 6.09 Å². The van der Waals surface area contributed by atoms with Gasteiger partial charge in [-0.15, -0.1) is 11.8 Å². The number of nitrogens with one attached hydrogen (secondary N) is 1. The van der Waals surface area contributed by atoms with Crippen molar-refractivity contribution in [3.05, 3.63) is 0 Å². The predicted molar refractivity (Wildman–Crippen MR) is 61.7 cm³/mol. The number of carbonyl (C=O) groups is 1. The molecule has 0 unspecified atom stereocenters. The van der Waals surface area contributed by atoms with Crippen LogP contribution in [0.3, 0.4) is 0 Å². The van der Waals surface area contributed by atoms with Crippen LogP contribution in [0, 0.1) is 29.6 Å². The zero-order valence-electron chi connectivity index (χ0n) is 9.79. The number of alkyl carbamates (subject to hydrolysis) is 1. The standard InChI is InChI=1S/C13H19NO2/c1-2-14-13(15)16-9-12-10-7-5-3-4-6-8-11(10)12/h10-12H,2,5-9H2,1H3,(H,14,15)/t10-,11+,12-. The van der Waals surface area contributed by atoms with Crippen molar-refractivity contribution in [2.75, 3.05) is 13.2 Å². The van der Waals surface area contributed by atoms with Crippen LogP contribution < -0.4 is 5.32 Å². The molecule has 0 heterocycles. The number of fused-ring (bicyclic) bond motifs is 1. The lowest BCUT2D eigenvalue weighted by molar-refractivity contribution is 0.138. The van der Waals surface area contributed by atoms with Gasteiger partial charge < -0.3 is 10.1 Å². The highest BCUT2D eigenvalue weighted by molar-refractivity contribution is 5.67. The van der Waals surface area contributed by atoms with Gasteiger partial charge in [-0.3, -0.25) is 0 Å². The average molecular weight is 221 g/mol. The zero-order valence-corrected chi connectivity index (χ0v) is 9.79. The van der Waals surface area contributed by atoms with Crippen LogP contribution in [0.15, 0.2) is 0 Å². The Kier molecular flexibility index (Phi) is 3.71. The summed E-state index contributed by atoms with van der Waals surface area (Å²) in [7, 11) is 0. The normalized spacial score (nSPS) is 31.2. The van der Waals surface area contributed by atoms with Gasteiger partial charge in [-0.1, -0.05) is 0 Å². The SMILES string of the molecule is CCNC(=O)OC[C@@H]1[C@@H]2CCC#CCC[C@@H]21.